The van der Waals surface area contributed by atoms with Crippen molar-refractivity contribution < 1.29 is 17.6 Å². The molecular formula is C23H27ClFN3O3S2. The van der Waals surface area contributed by atoms with Crippen LogP contribution >= 0.6 is 22.9 Å². The zero-order chi connectivity index (χ0) is 24.0. The molecule has 0 aliphatic carbocycles. The highest BCUT2D eigenvalue weighted by atomic mass is 35.5. The second-order valence-corrected chi connectivity index (χ2v) is 11.1. The molecule has 0 saturated heterocycles. The molecule has 0 radical (unpaired) electrons. The van der Waals surface area contributed by atoms with Crippen molar-refractivity contribution in [2.45, 2.75) is 31.6 Å². The maximum Gasteiger partial charge on any atom is 0.228 e. The van der Waals surface area contributed by atoms with E-state index in [0.717, 1.165) is 13.1 Å². The highest BCUT2D eigenvalue weighted by Crippen LogP contribution is 2.30. The van der Waals surface area contributed by atoms with Crippen LogP contribution in [0.5, 0.6) is 0 Å². The number of amides is 1. The Kier molecular flexibility index (Phi) is 8.81. The van der Waals surface area contributed by atoms with Gasteiger partial charge < -0.3 is 4.90 Å². The van der Waals surface area contributed by atoms with Crippen LogP contribution in [0.1, 0.15) is 26.7 Å². The molecule has 1 aromatic heterocycles. The minimum atomic E-state index is -3.51. The lowest BCUT2D eigenvalue weighted by atomic mass is 10.3. The SMILES string of the molecule is CCN(CC)CCN(C(=O)CCCS(=O)(=O)c1ccc(Cl)cc1)c1nc2ccc(F)cc2s1. The van der Waals surface area contributed by atoms with E-state index in [4.69, 9.17) is 11.6 Å². The molecule has 2 aromatic carbocycles. The number of benzene rings is 2. The Labute approximate surface area is 202 Å². The first-order chi connectivity index (χ1) is 15.7. The first-order valence-corrected chi connectivity index (χ1v) is 13.6. The largest absolute Gasteiger partial charge is 0.302 e. The summed E-state index contributed by atoms with van der Waals surface area (Å²) < 4.78 is 39.5. The molecular weight excluding hydrogens is 485 g/mol. The molecule has 0 unspecified atom stereocenters. The highest BCUT2D eigenvalue weighted by molar-refractivity contribution is 7.91. The lowest BCUT2D eigenvalue weighted by molar-refractivity contribution is -0.118. The van der Waals surface area contributed by atoms with Crippen LogP contribution in [0.15, 0.2) is 47.4 Å². The lowest BCUT2D eigenvalue weighted by Gasteiger charge is -2.24. The first kappa shape index (κ1) is 25.6. The van der Waals surface area contributed by atoms with Gasteiger partial charge in [0.1, 0.15) is 5.82 Å². The van der Waals surface area contributed by atoms with Crippen LogP contribution in [-0.2, 0) is 14.6 Å². The number of aromatic nitrogens is 1. The van der Waals surface area contributed by atoms with E-state index >= 15 is 0 Å². The van der Waals surface area contributed by atoms with Crippen molar-refractivity contribution in [2.24, 2.45) is 0 Å². The van der Waals surface area contributed by atoms with E-state index in [1.54, 1.807) is 11.0 Å². The van der Waals surface area contributed by atoms with Gasteiger partial charge in [-0.2, -0.15) is 0 Å². The minimum absolute atomic E-state index is 0.0648. The maximum atomic E-state index is 13.6. The molecule has 33 heavy (non-hydrogen) atoms. The Morgan fingerprint density at radius 3 is 2.45 bits per heavy atom. The molecule has 0 N–H and O–H groups in total. The van der Waals surface area contributed by atoms with Crippen LogP contribution in [0.4, 0.5) is 9.52 Å². The van der Waals surface area contributed by atoms with Gasteiger partial charge in [-0.1, -0.05) is 36.8 Å². The van der Waals surface area contributed by atoms with E-state index in [9.17, 15) is 17.6 Å². The number of thiazole rings is 1. The number of carbonyl (C=O) groups is 1. The third-order valence-corrected chi connectivity index (χ3v) is 8.49. The molecule has 0 saturated carbocycles. The van der Waals surface area contributed by atoms with Gasteiger partial charge in [-0.3, -0.25) is 9.69 Å². The molecule has 1 amide bonds. The number of nitrogens with zero attached hydrogens (tertiary/aromatic N) is 3. The normalized spacial score (nSPS) is 11.9. The van der Waals surface area contributed by atoms with E-state index in [-0.39, 0.29) is 35.2 Å². The van der Waals surface area contributed by atoms with Crippen molar-refractivity contribution in [1.29, 1.82) is 0 Å². The second kappa shape index (κ2) is 11.4. The van der Waals surface area contributed by atoms with Crippen molar-refractivity contribution in [2.75, 3.05) is 36.8 Å². The first-order valence-electron chi connectivity index (χ1n) is 10.8. The molecule has 6 nitrogen and oxygen atoms in total. The van der Waals surface area contributed by atoms with Crippen LogP contribution in [0.2, 0.25) is 5.02 Å². The molecule has 0 atom stereocenters. The Morgan fingerprint density at radius 2 is 1.79 bits per heavy atom. The summed E-state index contributed by atoms with van der Waals surface area (Å²) in [6.07, 6.45) is 0.250. The Balaban J connectivity index is 1.73. The number of hydrogen-bond donors (Lipinski definition) is 0. The van der Waals surface area contributed by atoms with Gasteiger partial charge in [0.05, 0.1) is 20.9 Å². The Morgan fingerprint density at radius 1 is 1.09 bits per heavy atom. The molecule has 3 aromatic rings. The maximum absolute atomic E-state index is 13.6. The van der Waals surface area contributed by atoms with Gasteiger partial charge in [-0.25, -0.2) is 17.8 Å². The summed E-state index contributed by atoms with van der Waals surface area (Å²) in [5.41, 5.74) is 0.627. The van der Waals surface area contributed by atoms with Crippen LogP contribution in [-0.4, -0.2) is 56.1 Å². The summed E-state index contributed by atoms with van der Waals surface area (Å²) in [4.78, 5) is 21.6. The number of fused-ring (bicyclic) bond motifs is 1. The number of sulfone groups is 1. The Bertz CT molecular complexity index is 1200. The lowest BCUT2D eigenvalue weighted by Crippen LogP contribution is -2.38. The standard InChI is InChI=1S/C23H27ClFN3O3S2/c1-3-27(4-2)13-14-28(23-26-20-12-9-18(25)16-21(20)32-23)22(29)6-5-15-33(30,31)19-10-7-17(24)8-11-19/h7-12,16H,3-6,13-15H2,1-2H3. The Hall–Kier alpha value is -2.07. The number of rotatable bonds is 11. The third-order valence-electron chi connectivity index (χ3n) is 5.38. The van der Waals surface area contributed by atoms with Crippen molar-refractivity contribution >= 4 is 54.0 Å². The van der Waals surface area contributed by atoms with Gasteiger partial charge in [0.15, 0.2) is 15.0 Å². The van der Waals surface area contributed by atoms with Crippen LogP contribution in [0.3, 0.4) is 0 Å². The van der Waals surface area contributed by atoms with Gasteiger partial charge in [0, 0.05) is 24.5 Å². The van der Waals surface area contributed by atoms with Crippen molar-refractivity contribution in [3.8, 4) is 0 Å². The summed E-state index contributed by atoms with van der Waals surface area (Å²) in [7, 11) is -3.51. The average molecular weight is 512 g/mol. The predicted octanol–water partition coefficient (Wildman–Crippen LogP) is 5.02. The molecule has 0 aliphatic heterocycles. The number of hydrogen-bond acceptors (Lipinski definition) is 6. The number of likely N-dealkylation sites (N-methyl/N-ethyl adjacent to an activating group) is 1. The molecule has 0 aliphatic rings. The summed E-state index contributed by atoms with van der Waals surface area (Å²) in [5.74, 6) is -0.700. The van der Waals surface area contributed by atoms with Gasteiger partial charge >= 0.3 is 0 Å². The third kappa shape index (κ3) is 6.72. The fourth-order valence-electron chi connectivity index (χ4n) is 3.42. The van der Waals surface area contributed by atoms with E-state index < -0.39 is 9.84 Å². The number of anilines is 1. The zero-order valence-corrected chi connectivity index (χ0v) is 21.0. The summed E-state index contributed by atoms with van der Waals surface area (Å²) >= 11 is 7.09. The minimum Gasteiger partial charge on any atom is -0.302 e. The average Bonchev–Trinajstić information content (AvgIpc) is 3.19. The summed E-state index contributed by atoms with van der Waals surface area (Å²) in [6.45, 7) is 6.89. The van der Waals surface area contributed by atoms with E-state index in [1.165, 1.54) is 47.7 Å². The molecule has 3 rings (SSSR count). The van der Waals surface area contributed by atoms with Crippen LogP contribution < -0.4 is 4.90 Å². The van der Waals surface area contributed by atoms with Crippen LogP contribution in [0.25, 0.3) is 10.2 Å². The smallest absolute Gasteiger partial charge is 0.228 e. The van der Waals surface area contributed by atoms with Gasteiger partial charge in [0.2, 0.25) is 5.91 Å². The van der Waals surface area contributed by atoms with Gasteiger partial charge in [-0.05, 0) is 62.0 Å². The zero-order valence-electron chi connectivity index (χ0n) is 18.6. The van der Waals surface area contributed by atoms with Crippen LogP contribution in [0, 0.1) is 5.82 Å². The summed E-state index contributed by atoms with van der Waals surface area (Å²) in [6, 6.07) is 10.3. The van der Waals surface area contributed by atoms with Crippen molar-refractivity contribution in [3.63, 3.8) is 0 Å². The van der Waals surface area contributed by atoms with Gasteiger partial charge in [-0.15, -0.1) is 0 Å². The van der Waals surface area contributed by atoms with E-state index in [1.807, 2.05) is 0 Å². The molecule has 0 spiro atoms. The summed E-state index contributed by atoms with van der Waals surface area (Å²) in [5, 5.41) is 0.956. The second-order valence-electron chi connectivity index (χ2n) is 7.56. The van der Waals surface area contributed by atoms with Gasteiger partial charge in [0.25, 0.3) is 0 Å². The monoisotopic (exact) mass is 511 g/mol. The number of halogens is 2. The van der Waals surface area contributed by atoms with E-state index in [0.29, 0.717) is 33.5 Å². The van der Waals surface area contributed by atoms with E-state index in [2.05, 4.69) is 23.7 Å². The highest BCUT2D eigenvalue weighted by Gasteiger charge is 2.22. The number of carbonyl (C=O) groups excluding carboxylic acids is 1. The quantitative estimate of drug-likeness (QED) is 0.361. The van der Waals surface area contributed by atoms with Crippen molar-refractivity contribution in [1.82, 2.24) is 9.88 Å². The molecule has 10 heteroatoms. The molecule has 0 fully saturated rings. The molecule has 0 bridgehead atoms. The predicted molar refractivity (Wildman–Crippen MR) is 132 cm³/mol. The fraction of sp³-hybridized carbons (Fsp3) is 0.391. The molecule has 178 valence electrons. The fourth-order valence-corrected chi connectivity index (χ4v) is 5.89. The molecule has 1 heterocycles. The topological polar surface area (TPSA) is 70.6 Å². The van der Waals surface area contributed by atoms with Crippen molar-refractivity contribution in [3.05, 3.63) is 53.3 Å².